The third-order valence-electron chi connectivity index (χ3n) is 2.74. The maximum atomic E-state index is 12.6. The van der Waals surface area contributed by atoms with Crippen LogP contribution in [0.2, 0.25) is 0 Å². The Balaban J connectivity index is 2.45. The van der Waals surface area contributed by atoms with Crippen molar-refractivity contribution in [3.05, 3.63) is 22.7 Å². The van der Waals surface area contributed by atoms with E-state index < -0.39 is 34.9 Å². The fourth-order valence-corrected chi connectivity index (χ4v) is 3.90. The Bertz CT molecular complexity index is 673. The van der Waals surface area contributed by atoms with Gasteiger partial charge in [-0.25, -0.2) is 8.42 Å². The van der Waals surface area contributed by atoms with Crippen molar-refractivity contribution in [1.82, 2.24) is 9.62 Å². The van der Waals surface area contributed by atoms with Crippen molar-refractivity contribution in [3.63, 3.8) is 0 Å². The molecule has 1 aliphatic rings. The second-order valence-corrected chi connectivity index (χ2v) is 7.09. The number of hydrogen-bond donors (Lipinski definition) is 1. The molecular formula is C12H13BrN2O5S. The summed E-state index contributed by atoms with van der Waals surface area (Å²) in [5.74, 6) is -1.12. The topological polar surface area (TPSA) is 92.8 Å². The van der Waals surface area contributed by atoms with Gasteiger partial charge < -0.3 is 4.74 Å². The summed E-state index contributed by atoms with van der Waals surface area (Å²) in [6.45, 7) is 1.23. The molecule has 7 nitrogen and oxygen atoms in total. The highest BCUT2D eigenvalue weighted by Gasteiger charge is 2.34. The highest BCUT2D eigenvalue weighted by atomic mass is 79.9. The lowest BCUT2D eigenvalue weighted by Crippen LogP contribution is -2.53. The van der Waals surface area contributed by atoms with Crippen LogP contribution in [0.15, 0.2) is 27.6 Å². The third kappa shape index (κ3) is 3.42. The van der Waals surface area contributed by atoms with Crippen molar-refractivity contribution in [2.75, 3.05) is 19.7 Å². The number of benzene rings is 1. The van der Waals surface area contributed by atoms with Crippen LogP contribution in [0, 0.1) is 0 Å². The van der Waals surface area contributed by atoms with Crippen molar-refractivity contribution in [1.29, 1.82) is 0 Å². The minimum Gasteiger partial charge on any atom is -0.492 e. The van der Waals surface area contributed by atoms with Crippen molar-refractivity contribution < 1.29 is 22.7 Å². The second kappa shape index (κ2) is 6.12. The van der Waals surface area contributed by atoms with E-state index in [-0.39, 0.29) is 10.6 Å². The number of nitrogens with zero attached hydrogens (tertiary/aromatic N) is 1. The van der Waals surface area contributed by atoms with Gasteiger partial charge >= 0.3 is 0 Å². The molecule has 2 rings (SSSR count). The Hall–Kier alpha value is -1.45. The van der Waals surface area contributed by atoms with Crippen molar-refractivity contribution in [2.24, 2.45) is 0 Å². The van der Waals surface area contributed by atoms with Crippen LogP contribution < -0.4 is 10.1 Å². The van der Waals surface area contributed by atoms with E-state index in [0.717, 1.165) is 4.31 Å². The summed E-state index contributed by atoms with van der Waals surface area (Å²) in [6.07, 6.45) is 0. The number of imide groups is 1. The summed E-state index contributed by atoms with van der Waals surface area (Å²) in [6, 6.07) is 4.56. The highest BCUT2D eigenvalue weighted by Crippen LogP contribution is 2.30. The van der Waals surface area contributed by atoms with E-state index in [0.29, 0.717) is 11.1 Å². The Morgan fingerprint density at radius 2 is 1.90 bits per heavy atom. The first kappa shape index (κ1) is 15.9. The van der Waals surface area contributed by atoms with Crippen molar-refractivity contribution >= 4 is 37.8 Å². The predicted molar refractivity (Wildman–Crippen MR) is 77.2 cm³/mol. The fraction of sp³-hybridized carbons (Fsp3) is 0.333. The monoisotopic (exact) mass is 376 g/mol. The molecule has 21 heavy (non-hydrogen) atoms. The molecule has 0 radical (unpaired) electrons. The summed E-state index contributed by atoms with van der Waals surface area (Å²) in [7, 11) is -4.01. The molecule has 1 saturated heterocycles. The van der Waals surface area contributed by atoms with Crippen LogP contribution in [0.5, 0.6) is 5.75 Å². The fourth-order valence-electron chi connectivity index (χ4n) is 1.88. The first-order chi connectivity index (χ1) is 9.84. The molecular weight excluding hydrogens is 364 g/mol. The minimum atomic E-state index is -4.01. The summed E-state index contributed by atoms with van der Waals surface area (Å²) in [4.78, 5) is 22.6. The second-order valence-electron chi connectivity index (χ2n) is 4.27. The third-order valence-corrected chi connectivity index (χ3v) is 5.05. The molecule has 1 heterocycles. The maximum Gasteiger partial charge on any atom is 0.247 e. The number of piperazine rings is 1. The molecule has 9 heteroatoms. The van der Waals surface area contributed by atoms with E-state index >= 15 is 0 Å². The Kier molecular flexibility index (Phi) is 4.64. The molecule has 1 aromatic carbocycles. The van der Waals surface area contributed by atoms with Crippen molar-refractivity contribution in [3.8, 4) is 5.75 Å². The van der Waals surface area contributed by atoms with Crippen LogP contribution in [0.4, 0.5) is 0 Å². The number of nitrogens with one attached hydrogen (secondary N) is 1. The average Bonchev–Trinajstić information content (AvgIpc) is 2.40. The average molecular weight is 377 g/mol. The van der Waals surface area contributed by atoms with Gasteiger partial charge in [0.25, 0.3) is 0 Å². The van der Waals surface area contributed by atoms with Crippen LogP contribution in [0.25, 0.3) is 0 Å². The number of halogens is 1. The van der Waals surface area contributed by atoms with Crippen LogP contribution in [-0.4, -0.2) is 44.2 Å². The first-order valence-corrected chi connectivity index (χ1v) is 8.33. The molecule has 1 aromatic rings. The molecule has 0 aromatic heterocycles. The zero-order chi connectivity index (χ0) is 15.6. The number of rotatable bonds is 4. The Morgan fingerprint density at radius 1 is 1.29 bits per heavy atom. The van der Waals surface area contributed by atoms with Gasteiger partial charge in [-0.2, -0.15) is 4.31 Å². The summed E-state index contributed by atoms with van der Waals surface area (Å²) in [5.41, 5.74) is 0. The van der Waals surface area contributed by atoms with Gasteiger partial charge in [-0.1, -0.05) is 15.9 Å². The summed E-state index contributed by atoms with van der Waals surface area (Å²) >= 11 is 3.20. The SMILES string of the molecule is CCOc1ccc(Br)cc1S(=O)(=O)N1CC(=O)NC(=O)C1. The van der Waals surface area contributed by atoms with Crippen LogP contribution in [0.3, 0.4) is 0 Å². The van der Waals surface area contributed by atoms with E-state index in [9.17, 15) is 18.0 Å². The number of carbonyl (C=O) groups is 2. The van der Waals surface area contributed by atoms with Gasteiger partial charge in [0, 0.05) is 4.47 Å². The van der Waals surface area contributed by atoms with E-state index in [2.05, 4.69) is 21.2 Å². The molecule has 114 valence electrons. The lowest BCUT2D eigenvalue weighted by molar-refractivity contribution is -0.134. The Morgan fingerprint density at radius 3 is 2.48 bits per heavy atom. The van der Waals surface area contributed by atoms with E-state index in [4.69, 9.17) is 4.74 Å². The largest absolute Gasteiger partial charge is 0.492 e. The quantitative estimate of drug-likeness (QED) is 0.772. The first-order valence-electron chi connectivity index (χ1n) is 6.09. The van der Waals surface area contributed by atoms with Crippen molar-refractivity contribution in [2.45, 2.75) is 11.8 Å². The van der Waals surface area contributed by atoms with E-state index in [1.165, 1.54) is 12.1 Å². The lowest BCUT2D eigenvalue weighted by atomic mass is 10.3. The van der Waals surface area contributed by atoms with Gasteiger partial charge in [-0.05, 0) is 25.1 Å². The number of hydrogen-bond acceptors (Lipinski definition) is 5. The number of ether oxygens (including phenoxy) is 1. The summed E-state index contributed by atoms with van der Waals surface area (Å²) in [5, 5.41) is 2.06. The summed E-state index contributed by atoms with van der Waals surface area (Å²) < 4.78 is 31.9. The molecule has 0 saturated carbocycles. The van der Waals surface area contributed by atoms with Gasteiger partial charge in [-0.3, -0.25) is 14.9 Å². The Labute approximate surface area is 130 Å². The predicted octanol–water partition coefficient (Wildman–Crippen LogP) is 0.495. The van der Waals surface area contributed by atoms with Gasteiger partial charge in [0.2, 0.25) is 21.8 Å². The zero-order valence-electron chi connectivity index (χ0n) is 11.1. The molecule has 0 bridgehead atoms. The molecule has 0 spiro atoms. The van der Waals surface area contributed by atoms with Gasteiger partial charge in [-0.15, -0.1) is 0 Å². The van der Waals surface area contributed by atoms with E-state index in [1.807, 2.05) is 0 Å². The highest BCUT2D eigenvalue weighted by molar-refractivity contribution is 9.10. The van der Waals surface area contributed by atoms with Crippen LogP contribution in [0.1, 0.15) is 6.92 Å². The van der Waals surface area contributed by atoms with Crippen LogP contribution >= 0.6 is 15.9 Å². The number of sulfonamides is 1. The molecule has 2 amide bonds. The maximum absolute atomic E-state index is 12.6. The minimum absolute atomic E-state index is 0.0822. The van der Waals surface area contributed by atoms with Gasteiger partial charge in [0.15, 0.2) is 0 Å². The number of carbonyl (C=O) groups excluding carboxylic acids is 2. The molecule has 0 unspecified atom stereocenters. The molecule has 1 aliphatic heterocycles. The standard InChI is InChI=1S/C12H13BrN2O5S/c1-2-20-9-4-3-8(13)5-10(9)21(18,19)15-6-11(16)14-12(17)7-15/h3-5H,2,6-7H2,1H3,(H,14,16,17). The smallest absolute Gasteiger partial charge is 0.247 e. The van der Waals surface area contributed by atoms with Gasteiger partial charge in [0.05, 0.1) is 19.7 Å². The normalized spacial score (nSPS) is 16.7. The zero-order valence-corrected chi connectivity index (χ0v) is 13.5. The molecule has 1 fully saturated rings. The van der Waals surface area contributed by atoms with Crippen LogP contribution in [-0.2, 0) is 19.6 Å². The molecule has 0 atom stereocenters. The molecule has 1 N–H and O–H groups in total. The number of amides is 2. The van der Waals surface area contributed by atoms with E-state index in [1.54, 1.807) is 13.0 Å². The van der Waals surface area contributed by atoms with Gasteiger partial charge in [0.1, 0.15) is 10.6 Å². The molecule has 0 aliphatic carbocycles. The lowest BCUT2D eigenvalue weighted by Gasteiger charge is -2.25.